The Hall–Kier alpha value is -1.38. The normalized spacial score (nSPS) is 11.6. The Balaban J connectivity index is 4.31. The highest BCUT2D eigenvalue weighted by atomic mass is 19.1. The third kappa shape index (κ3) is 4.08. The van der Waals surface area contributed by atoms with Gasteiger partial charge in [0.1, 0.15) is 5.83 Å². The molecule has 0 atom stereocenters. The average Bonchev–Trinajstić information content (AvgIpc) is 1.97. The Morgan fingerprint density at radius 2 is 2.27 bits per heavy atom. The minimum absolute atomic E-state index is 0.0816. The molecule has 0 unspecified atom stereocenters. The van der Waals surface area contributed by atoms with Gasteiger partial charge in [-0.15, -0.1) is 0 Å². The number of halogens is 1. The fourth-order valence-corrected chi connectivity index (χ4v) is 0.473. The van der Waals surface area contributed by atoms with Gasteiger partial charge in [0.25, 0.3) is 0 Å². The van der Waals surface area contributed by atoms with E-state index in [0.717, 1.165) is 0 Å². The van der Waals surface area contributed by atoms with Crippen molar-refractivity contribution in [1.82, 2.24) is 5.32 Å². The molecule has 11 heavy (non-hydrogen) atoms. The highest BCUT2D eigenvalue weighted by Crippen LogP contribution is 2.03. The number of carbonyl (C=O) groups excluding carboxylic acids is 1. The van der Waals surface area contributed by atoms with E-state index in [4.69, 9.17) is 0 Å². The molecule has 1 amide bonds. The Morgan fingerprint density at radius 1 is 1.64 bits per heavy atom. The summed E-state index contributed by atoms with van der Waals surface area (Å²) in [4.78, 5) is 9.90. The predicted octanol–water partition coefficient (Wildman–Crippen LogP) is 1.68. The molecule has 0 bridgehead atoms. The molecule has 2 nitrogen and oxygen atoms in total. The third-order valence-electron chi connectivity index (χ3n) is 0.962. The number of rotatable bonds is 4. The second kappa shape index (κ2) is 5.41. The van der Waals surface area contributed by atoms with Crippen LogP contribution in [0, 0.1) is 0 Å². The van der Waals surface area contributed by atoms with Gasteiger partial charge in [-0.25, -0.2) is 4.39 Å². The van der Waals surface area contributed by atoms with Crippen molar-refractivity contribution >= 4 is 6.41 Å². The van der Waals surface area contributed by atoms with E-state index < -0.39 is 5.83 Å². The molecule has 0 aliphatic heterocycles. The van der Waals surface area contributed by atoms with E-state index in [0.29, 0.717) is 6.41 Å². The molecule has 0 heterocycles. The lowest BCUT2D eigenvalue weighted by atomic mass is 10.3. The van der Waals surface area contributed by atoms with E-state index in [-0.39, 0.29) is 5.70 Å². The first kappa shape index (κ1) is 9.62. The average molecular weight is 155 g/mol. The Bertz CT molecular complexity index is 206. The molecule has 3 heteroatoms. The number of carbonyl (C=O) groups is 1. The number of hydrogen-bond acceptors (Lipinski definition) is 1. The highest BCUT2D eigenvalue weighted by Gasteiger charge is 1.96. The van der Waals surface area contributed by atoms with Crippen LogP contribution in [0.2, 0.25) is 0 Å². The summed E-state index contributed by atoms with van der Waals surface area (Å²) >= 11 is 0. The van der Waals surface area contributed by atoms with Crippen molar-refractivity contribution in [2.75, 3.05) is 0 Å². The zero-order valence-electron chi connectivity index (χ0n) is 6.30. The van der Waals surface area contributed by atoms with Crippen LogP contribution in [0.4, 0.5) is 4.39 Å². The maximum absolute atomic E-state index is 12.4. The molecule has 0 aromatic heterocycles. The third-order valence-corrected chi connectivity index (χ3v) is 0.962. The molecule has 0 aromatic rings. The summed E-state index contributed by atoms with van der Waals surface area (Å²) in [6.45, 7) is 4.82. The van der Waals surface area contributed by atoms with Crippen LogP contribution >= 0.6 is 0 Å². The van der Waals surface area contributed by atoms with Crippen LogP contribution in [0.25, 0.3) is 0 Å². The minimum Gasteiger partial charge on any atom is -0.326 e. The second-order valence-corrected chi connectivity index (χ2v) is 1.77. The van der Waals surface area contributed by atoms with Crippen molar-refractivity contribution in [1.29, 1.82) is 0 Å². The van der Waals surface area contributed by atoms with Crippen LogP contribution in [-0.2, 0) is 4.79 Å². The quantitative estimate of drug-likeness (QED) is 0.485. The summed E-state index contributed by atoms with van der Waals surface area (Å²) in [5.41, 5.74) is 0.0816. The molecule has 0 spiro atoms. The van der Waals surface area contributed by atoms with Crippen LogP contribution in [0.3, 0.4) is 0 Å². The summed E-state index contributed by atoms with van der Waals surface area (Å²) in [6.07, 6.45) is 5.16. The van der Waals surface area contributed by atoms with Crippen LogP contribution in [0.15, 0.2) is 36.3 Å². The zero-order valence-corrected chi connectivity index (χ0v) is 6.30. The van der Waals surface area contributed by atoms with Crippen LogP contribution in [-0.4, -0.2) is 6.41 Å². The summed E-state index contributed by atoms with van der Waals surface area (Å²) in [7, 11) is 0. The largest absolute Gasteiger partial charge is 0.326 e. The fraction of sp³-hybridized carbons (Fsp3) is 0.125. The van der Waals surface area contributed by atoms with Crippen molar-refractivity contribution < 1.29 is 9.18 Å². The van der Waals surface area contributed by atoms with Gasteiger partial charge in [0.2, 0.25) is 6.41 Å². The SMILES string of the molecule is C=C(F)/C(=C\C=C/C)NC=O. The number of allylic oxidation sites excluding steroid dienone is 4. The van der Waals surface area contributed by atoms with E-state index in [9.17, 15) is 9.18 Å². The van der Waals surface area contributed by atoms with Gasteiger partial charge in [-0.05, 0) is 13.0 Å². The maximum atomic E-state index is 12.4. The van der Waals surface area contributed by atoms with Gasteiger partial charge in [-0.2, -0.15) is 0 Å². The molecule has 0 fully saturated rings. The van der Waals surface area contributed by atoms with E-state index in [1.807, 2.05) is 0 Å². The molecule has 60 valence electrons. The van der Waals surface area contributed by atoms with Gasteiger partial charge < -0.3 is 5.32 Å². The monoisotopic (exact) mass is 155 g/mol. The minimum atomic E-state index is -0.657. The fourth-order valence-electron chi connectivity index (χ4n) is 0.473. The van der Waals surface area contributed by atoms with Crippen molar-refractivity contribution in [3.8, 4) is 0 Å². The maximum Gasteiger partial charge on any atom is 0.211 e. The number of amides is 1. The predicted molar refractivity (Wildman–Crippen MR) is 42.3 cm³/mol. The van der Waals surface area contributed by atoms with E-state index >= 15 is 0 Å². The van der Waals surface area contributed by atoms with Gasteiger partial charge in [-0.1, -0.05) is 18.7 Å². The van der Waals surface area contributed by atoms with Gasteiger partial charge in [0, 0.05) is 0 Å². The molecular formula is C8H10FNO. The highest BCUT2D eigenvalue weighted by molar-refractivity contribution is 5.53. The van der Waals surface area contributed by atoms with Crippen LogP contribution in [0.1, 0.15) is 6.92 Å². The van der Waals surface area contributed by atoms with Gasteiger partial charge in [-0.3, -0.25) is 4.79 Å². The molecule has 1 N–H and O–H groups in total. The molecule has 0 saturated heterocycles. The topological polar surface area (TPSA) is 29.1 Å². The Labute approximate surface area is 65.1 Å². The first-order valence-electron chi connectivity index (χ1n) is 3.10. The second-order valence-electron chi connectivity index (χ2n) is 1.77. The summed E-state index contributed by atoms with van der Waals surface area (Å²) in [5.74, 6) is -0.657. The number of nitrogens with one attached hydrogen (secondary N) is 1. The number of hydrogen-bond donors (Lipinski definition) is 1. The first-order valence-corrected chi connectivity index (χ1v) is 3.10. The smallest absolute Gasteiger partial charge is 0.211 e. The zero-order chi connectivity index (χ0) is 8.69. The lowest BCUT2D eigenvalue weighted by Crippen LogP contribution is -2.09. The molecule has 0 saturated carbocycles. The molecule has 0 rings (SSSR count). The van der Waals surface area contributed by atoms with Gasteiger partial charge in [0.15, 0.2) is 0 Å². The van der Waals surface area contributed by atoms with Gasteiger partial charge in [0.05, 0.1) is 5.70 Å². The van der Waals surface area contributed by atoms with Crippen molar-refractivity contribution in [2.24, 2.45) is 0 Å². The first-order chi connectivity index (χ1) is 5.22. The van der Waals surface area contributed by atoms with Crippen molar-refractivity contribution in [2.45, 2.75) is 6.92 Å². The standard InChI is InChI=1S/C8H10FNO/c1-3-4-5-8(7(2)9)10-6-11/h3-6H,2H2,1H3,(H,10,11)/b4-3-,8-5+. The molecule has 0 aliphatic carbocycles. The Kier molecular flexibility index (Phi) is 4.73. The van der Waals surface area contributed by atoms with E-state index in [1.165, 1.54) is 6.08 Å². The van der Waals surface area contributed by atoms with Crippen molar-refractivity contribution in [3.63, 3.8) is 0 Å². The van der Waals surface area contributed by atoms with E-state index in [2.05, 4.69) is 11.9 Å². The van der Waals surface area contributed by atoms with E-state index in [1.54, 1.807) is 19.1 Å². The lowest BCUT2D eigenvalue weighted by Gasteiger charge is -1.98. The molecule has 0 aliphatic rings. The lowest BCUT2D eigenvalue weighted by molar-refractivity contribution is -0.108. The van der Waals surface area contributed by atoms with Crippen LogP contribution in [0.5, 0.6) is 0 Å². The Morgan fingerprint density at radius 3 is 2.64 bits per heavy atom. The summed E-state index contributed by atoms with van der Waals surface area (Å²) in [6, 6.07) is 0. The van der Waals surface area contributed by atoms with Gasteiger partial charge >= 0.3 is 0 Å². The van der Waals surface area contributed by atoms with Crippen molar-refractivity contribution in [3.05, 3.63) is 36.3 Å². The summed E-state index contributed by atoms with van der Waals surface area (Å²) in [5, 5.41) is 2.17. The van der Waals surface area contributed by atoms with Crippen LogP contribution < -0.4 is 5.32 Å². The molecule has 0 aromatic carbocycles. The molecule has 0 radical (unpaired) electrons. The summed E-state index contributed by atoms with van der Waals surface area (Å²) < 4.78 is 12.4. The molecular weight excluding hydrogens is 145 g/mol.